The Balaban J connectivity index is 2.36. The second-order valence-electron chi connectivity index (χ2n) is 3.30. The molecule has 0 aliphatic heterocycles. The number of ketones is 1. The molecule has 1 aromatic rings. The lowest BCUT2D eigenvalue weighted by atomic mass is 10.1. The van der Waals surface area contributed by atoms with E-state index in [1.54, 1.807) is 0 Å². The zero-order chi connectivity index (χ0) is 8.72. The average molecular weight is 181 g/mol. The van der Waals surface area contributed by atoms with Crippen molar-refractivity contribution in [1.29, 1.82) is 0 Å². The number of anilines is 1. The molecule has 1 aliphatic rings. The van der Waals surface area contributed by atoms with E-state index in [1.165, 1.54) is 11.3 Å². The van der Waals surface area contributed by atoms with Crippen molar-refractivity contribution in [2.45, 2.75) is 19.8 Å². The first kappa shape index (κ1) is 7.80. The molecule has 0 amide bonds. The maximum absolute atomic E-state index is 11.6. The Hall–Kier alpha value is -0.830. The second kappa shape index (κ2) is 2.59. The van der Waals surface area contributed by atoms with Crippen molar-refractivity contribution in [3.8, 4) is 0 Å². The molecule has 64 valence electrons. The lowest BCUT2D eigenvalue weighted by Gasteiger charge is -1.98. The monoisotopic (exact) mass is 181 g/mol. The summed E-state index contributed by atoms with van der Waals surface area (Å²) in [5.74, 6) is 0.534. The Labute approximate surface area is 75.4 Å². The molecule has 1 aromatic heterocycles. The summed E-state index contributed by atoms with van der Waals surface area (Å²) in [5.41, 5.74) is 7.52. The molecule has 0 bridgehead atoms. The first-order valence-corrected chi connectivity index (χ1v) is 4.96. The van der Waals surface area contributed by atoms with Crippen LogP contribution in [0.25, 0.3) is 0 Å². The van der Waals surface area contributed by atoms with Crippen LogP contribution in [0.5, 0.6) is 0 Å². The minimum Gasteiger partial charge on any atom is -0.390 e. The highest BCUT2D eigenvalue weighted by Gasteiger charge is 2.32. The number of Topliss-reactive ketones (excluding diaryl/α,β-unsaturated/α-hetero) is 1. The molecule has 0 aromatic carbocycles. The van der Waals surface area contributed by atoms with Gasteiger partial charge in [0.05, 0.1) is 10.6 Å². The zero-order valence-electron chi connectivity index (χ0n) is 6.96. The predicted octanol–water partition coefficient (Wildman–Crippen LogP) is 2.23. The maximum Gasteiger partial charge on any atom is 0.169 e. The standard InChI is InChI=1S/C9H11NOS/c1-5-4-12-9(10)7(5)8(11)6-2-3-6/h4,6H,2-3,10H2,1H3. The van der Waals surface area contributed by atoms with E-state index in [-0.39, 0.29) is 11.7 Å². The summed E-state index contributed by atoms with van der Waals surface area (Å²) in [6.07, 6.45) is 2.10. The van der Waals surface area contributed by atoms with Crippen LogP contribution in [-0.4, -0.2) is 5.78 Å². The molecule has 2 N–H and O–H groups in total. The molecule has 1 aliphatic carbocycles. The van der Waals surface area contributed by atoms with Crippen LogP contribution < -0.4 is 5.73 Å². The Bertz CT molecular complexity index is 306. The van der Waals surface area contributed by atoms with E-state index in [4.69, 9.17) is 5.73 Å². The van der Waals surface area contributed by atoms with Gasteiger partial charge in [-0.05, 0) is 30.7 Å². The van der Waals surface area contributed by atoms with E-state index >= 15 is 0 Å². The van der Waals surface area contributed by atoms with Gasteiger partial charge in [-0.3, -0.25) is 4.79 Å². The van der Waals surface area contributed by atoms with Gasteiger partial charge in [0.25, 0.3) is 0 Å². The quantitative estimate of drug-likeness (QED) is 0.711. The number of carbonyl (C=O) groups excluding carboxylic acids is 1. The van der Waals surface area contributed by atoms with Gasteiger partial charge in [-0.15, -0.1) is 11.3 Å². The van der Waals surface area contributed by atoms with E-state index in [0.29, 0.717) is 5.00 Å². The molecule has 2 rings (SSSR count). The molecule has 3 heteroatoms. The van der Waals surface area contributed by atoms with Gasteiger partial charge in [-0.1, -0.05) is 0 Å². The summed E-state index contributed by atoms with van der Waals surface area (Å²) < 4.78 is 0. The number of aryl methyl sites for hydroxylation is 1. The fourth-order valence-corrected chi connectivity index (χ4v) is 2.13. The Morgan fingerprint density at radius 3 is 2.75 bits per heavy atom. The molecule has 0 spiro atoms. The van der Waals surface area contributed by atoms with Crippen LogP contribution in [0.1, 0.15) is 28.8 Å². The molecule has 1 saturated carbocycles. The molecule has 1 heterocycles. The van der Waals surface area contributed by atoms with E-state index in [0.717, 1.165) is 24.0 Å². The van der Waals surface area contributed by atoms with Gasteiger partial charge >= 0.3 is 0 Å². The zero-order valence-corrected chi connectivity index (χ0v) is 7.78. The number of nitrogens with two attached hydrogens (primary N) is 1. The number of nitrogen functional groups attached to an aromatic ring is 1. The molecule has 2 nitrogen and oxygen atoms in total. The maximum atomic E-state index is 11.6. The van der Waals surface area contributed by atoms with Gasteiger partial charge < -0.3 is 5.73 Å². The van der Waals surface area contributed by atoms with Crippen LogP contribution in [0.4, 0.5) is 5.00 Å². The minimum absolute atomic E-state index is 0.256. The van der Waals surface area contributed by atoms with Crippen LogP contribution in [-0.2, 0) is 0 Å². The SMILES string of the molecule is Cc1csc(N)c1C(=O)C1CC1. The van der Waals surface area contributed by atoms with Crippen LogP contribution in [0.15, 0.2) is 5.38 Å². The van der Waals surface area contributed by atoms with Gasteiger partial charge in [0.2, 0.25) is 0 Å². The normalized spacial score (nSPS) is 16.4. The smallest absolute Gasteiger partial charge is 0.169 e. The Morgan fingerprint density at radius 1 is 1.67 bits per heavy atom. The fraction of sp³-hybridized carbons (Fsp3) is 0.444. The fourth-order valence-electron chi connectivity index (χ4n) is 1.33. The molecule has 0 saturated heterocycles. The Morgan fingerprint density at radius 2 is 2.33 bits per heavy atom. The third-order valence-electron chi connectivity index (χ3n) is 2.20. The number of hydrogen-bond acceptors (Lipinski definition) is 3. The van der Waals surface area contributed by atoms with Crippen LogP contribution in [0.3, 0.4) is 0 Å². The molecule has 0 radical (unpaired) electrons. The first-order chi connectivity index (χ1) is 5.70. The molecular formula is C9H11NOS. The summed E-state index contributed by atoms with van der Waals surface area (Å²) in [5, 5.41) is 2.63. The van der Waals surface area contributed by atoms with Gasteiger partial charge in [-0.25, -0.2) is 0 Å². The predicted molar refractivity (Wildman–Crippen MR) is 50.5 cm³/mol. The van der Waals surface area contributed by atoms with Crippen LogP contribution in [0, 0.1) is 12.8 Å². The molecule has 0 atom stereocenters. The number of rotatable bonds is 2. The van der Waals surface area contributed by atoms with Gasteiger partial charge in [0.1, 0.15) is 0 Å². The van der Waals surface area contributed by atoms with Crippen molar-refractivity contribution >= 4 is 22.1 Å². The van der Waals surface area contributed by atoms with Crippen LogP contribution in [0.2, 0.25) is 0 Å². The molecular weight excluding hydrogens is 170 g/mol. The van der Waals surface area contributed by atoms with E-state index in [1.807, 2.05) is 12.3 Å². The summed E-state index contributed by atoms with van der Waals surface area (Å²) in [6, 6.07) is 0. The van der Waals surface area contributed by atoms with Crippen molar-refractivity contribution in [1.82, 2.24) is 0 Å². The average Bonchev–Trinajstić information content (AvgIpc) is 2.79. The topological polar surface area (TPSA) is 43.1 Å². The summed E-state index contributed by atoms with van der Waals surface area (Å²) in [4.78, 5) is 11.6. The van der Waals surface area contributed by atoms with Gasteiger partial charge in [-0.2, -0.15) is 0 Å². The van der Waals surface area contributed by atoms with E-state index in [9.17, 15) is 4.79 Å². The molecule has 1 fully saturated rings. The highest BCUT2D eigenvalue weighted by atomic mass is 32.1. The Kier molecular flexibility index (Phi) is 1.68. The first-order valence-electron chi connectivity index (χ1n) is 4.08. The van der Waals surface area contributed by atoms with Crippen molar-refractivity contribution < 1.29 is 4.79 Å². The number of carbonyl (C=O) groups is 1. The van der Waals surface area contributed by atoms with Crippen molar-refractivity contribution in [3.63, 3.8) is 0 Å². The lowest BCUT2D eigenvalue weighted by Crippen LogP contribution is -2.04. The van der Waals surface area contributed by atoms with Crippen LogP contribution >= 0.6 is 11.3 Å². The van der Waals surface area contributed by atoms with Gasteiger partial charge in [0, 0.05) is 5.92 Å². The summed E-state index contributed by atoms with van der Waals surface area (Å²) in [6.45, 7) is 1.95. The molecule has 0 unspecified atom stereocenters. The largest absolute Gasteiger partial charge is 0.390 e. The highest BCUT2D eigenvalue weighted by Crippen LogP contribution is 2.36. The summed E-state index contributed by atoms with van der Waals surface area (Å²) in [7, 11) is 0. The van der Waals surface area contributed by atoms with Crippen molar-refractivity contribution in [2.24, 2.45) is 5.92 Å². The van der Waals surface area contributed by atoms with Gasteiger partial charge in [0.15, 0.2) is 5.78 Å². The second-order valence-corrected chi connectivity index (χ2v) is 4.21. The van der Waals surface area contributed by atoms with E-state index < -0.39 is 0 Å². The third kappa shape index (κ3) is 1.14. The number of thiophene rings is 1. The molecule has 12 heavy (non-hydrogen) atoms. The van der Waals surface area contributed by atoms with Crippen molar-refractivity contribution in [2.75, 3.05) is 5.73 Å². The number of hydrogen-bond donors (Lipinski definition) is 1. The summed E-state index contributed by atoms with van der Waals surface area (Å²) >= 11 is 1.46. The minimum atomic E-state index is 0.256. The highest BCUT2D eigenvalue weighted by molar-refractivity contribution is 7.14. The third-order valence-corrected chi connectivity index (χ3v) is 3.13. The van der Waals surface area contributed by atoms with Crippen molar-refractivity contribution in [3.05, 3.63) is 16.5 Å². The van der Waals surface area contributed by atoms with E-state index in [2.05, 4.69) is 0 Å². The lowest BCUT2D eigenvalue weighted by molar-refractivity contribution is 0.0968.